The number of aliphatic hydroxyl groups excluding tert-OH is 1. The number of ketones is 1. The van der Waals surface area contributed by atoms with E-state index in [4.69, 9.17) is 5.26 Å². The number of amides is 2. The van der Waals surface area contributed by atoms with Gasteiger partial charge in [-0.05, 0) is 30.7 Å². The standard InChI is InChI=1S/C22H20FN7O4/c1-11-15(19(32)21(34)27-22(6-14(31)7-22)17-9-25-29-28-17)10-30(2)18(11)20(33)26-13-3-4-16(23)12(5-13)8-24/h3-5,9-10,14,31H,6-7H2,1-2H3,(H,26,33)(H,27,34)(H,25,28,29)/t14-,22-. The Morgan fingerprint density at radius 3 is 2.71 bits per heavy atom. The van der Waals surface area contributed by atoms with Crippen LogP contribution in [0, 0.1) is 24.1 Å². The Morgan fingerprint density at radius 2 is 2.09 bits per heavy atom. The van der Waals surface area contributed by atoms with Gasteiger partial charge in [0.2, 0.25) is 0 Å². The average molecular weight is 465 g/mol. The number of carbonyl (C=O) groups is 3. The van der Waals surface area contributed by atoms with Gasteiger partial charge in [-0.1, -0.05) is 0 Å². The van der Waals surface area contributed by atoms with Gasteiger partial charge in [0.15, 0.2) is 0 Å². The number of aromatic nitrogens is 4. The molecule has 1 aliphatic rings. The Kier molecular flexibility index (Phi) is 5.72. The molecule has 174 valence electrons. The number of hydrogen-bond donors (Lipinski definition) is 4. The predicted octanol–water partition coefficient (Wildman–Crippen LogP) is 1.06. The van der Waals surface area contributed by atoms with Crippen molar-refractivity contribution in [3.63, 3.8) is 0 Å². The fraction of sp³-hybridized carbons (Fsp3) is 0.273. The first-order valence-electron chi connectivity index (χ1n) is 10.2. The Balaban J connectivity index is 1.54. The van der Waals surface area contributed by atoms with Crippen molar-refractivity contribution < 1.29 is 23.9 Å². The number of benzene rings is 1. The first-order valence-corrected chi connectivity index (χ1v) is 10.2. The van der Waals surface area contributed by atoms with Crippen molar-refractivity contribution in [1.29, 1.82) is 5.26 Å². The van der Waals surface area contributed by atoms with E-state index in [1.807, 2.05) is 0 Å². The Hall–Kier alpha value is -4.37. The van der Waals surface area contributed by atoms with E-state index in [-0.39, 0.29) is 40.9 Å². The maximum atomic E-state index is 13.5. The molecule has 0 radical (unpaired) electrons. The summed E-state index contributed by atoms with van der Waals surface area (Å²) in [6.45, 7) is 1.53. The van der Waals surface area contributed by atoms with E-state index in [0.717, 1.165) is 6.07 Å². The van der Waals surface area contributed by atoms with Crippen molar-refractivity contribution in [3.8, 4) is 6.07 Å². The van der Waals surface area contributed by atoms with Gasteiger partial charge in [0, 0.05) is 37.3 Å². The van der Waals surface area contributed by atoms with Crippen molar-refractivity contribution >= 4 is 23.3 Å². The summed E-state index contributed by atoms with van der Waals surface area (Å²) in [5.74, 6) is -3.08. The van der Waals surface area contributed by atoms with Crippen molar-refractivity contribution in [2.75, 3.05) is 5.32 Å². The predicted molar refractivity (Wildman–Crippen MR) is 115 cm³/mol. The minimum atomic E-state index is -1.01. The third-order valence-corrected chi connectivity index (χ3v) is 5.87. The van der Waals surface area contributed by atoms with E-state index in [0.29, 0.717) is 5.69 Å². The first kappa shape index (κ1) is 22.8. The zero-order valence-corrected chi connectivity index (χ0v) is 18.2. The molecule has 2 heterocycles. The third-order valence-electron chi connectivity index (χ3n) is 5.87. The molecular formula is C22H20FN7O4. The van der Waals surface area contributed by atoms with Gasteiger partial charge in [-0.3, -0.25) is 14.4 Å². The number of aromatic amines is 1. The quantitative estimate of drug-likeness (QED) is 0.312. The summed E-state index contributed by atoms with van der Waals surface area (Å²) in [4.78, 5) is 38.6. The number of hydrogen-bond acceptors (Lipinski definition) is 7. The van der Waals surface area contributed by atoms with Crippen LogP contribution in [0.25, 0.3) is 0 Å². The number of nitrogens with one attached hydrogen (secondary N) is 3. The normalized spacial score (nSPS) is 19.1. The monoisotopic (exact) mass is 465 g/mol. The molecule has 0 spiro atoms. The number of aliphatic hydroxyl groups is 1. The third kappa shape index (κ3) is 3.93. The number of nitrogens with zero attached hydrogens (tertiary/aromatic N) is 4. The lowest BCUT2D eigenvalue weighted by Gasteiger charge is -2.44. The summed E-state index contributed by atoms with van der Waals surface area (Å²) in [5.41, 5.74) is -0.222. The Bertz CT molecular complexity index is 1330. The molecule has 1 fully saturated rings. The summed E-state index contributed by atoms with van der Waals surface area (Å²) in [6, 6.07) is 5.26. The fourth-order valence-electron chi connectivity index (χ4n) is 4.13. The van der Waals surface area contributed by atoms with Crippen LogP contribution in [-0.4, -0.2) is 48.8 Å². The highest BCUT2D eigenvalue weighted by molar-refractivity contribution is 6.43. The smallest absolute Gasteiger partial charge is 0.293 e. The summed E-state index contributed by atoms with van der Waals surface area (Å²) < 4.78 is 15.0. The molecule has 1 aromatic carbocycles. The minimum Gasteiger partial charge on any atom is -0.393 e. The van der Waals surface area contributed by atoms with Crippen molar-refractivity contribution in [3.05, 3.63) is 64.5 Å². The summed E-state index contributed by atoms with van der Waals surface area (Å²) >= 11 is 0. The largest absolute Gasteiger partial charge is 0.393 e. The fourth-order valence-corrected chi connectivity index (χ4v) is 4.13. The molecule has 3 aromatic rings. The zero-order chi connectivity index (χ0) is 24.6. The van der Waals surface area contributed by atoms with E-state index in [2.05, 4.69) is 26.0 Å². The number of halogens is 1. The number of rotatable bonds is 6. The number of nitriles is 1. The van der Waals surface area contributed by atoms with Gasteiger partial charge in [-0.25, -0.2) is 4.39 Å². The molecule has 0 atom stereocenters. The number of anilines is 1. The average Bonchev–Trinajstić information content (AvgIpc) is 3.41. The molecule has 4 N–H and O–H groups in total. The van der Waals surface area contributed by atoms with Crippen LogP contribution in [-0.2, 0) is 17.4 Å². The second-order valence-electron chi connectivity index (χ2n) is 8.17. The maximum absolute atomic E-state index is 13.5. The molecule has 12 heteroatoms. The van der Waals surface area contributed by atoms with E-state index < -0.39 is 35.1 Å². The van der Waals surface area contributed by atoms with E-state index >= 15 is 0 Å². The lowest BCUT2D eigenvalue weighted by Crippen LogP contribution is -2.58. The van der Waals surface area contributed by atoms with Crippen LogP contribution in [0.15, 0.2) is 30.6 Å². The summed E-state index contributed by atoms with van der Waals surface area (Å²) in [6.07, 6.45) is 2.51. The molecule has 1 saturated carbocycles. The van der Waals surface area contributed by atoms with Gasteiger partial charge in [-0.2, -0.15) is 20.7 Å². The molecule has 34 heavy (non-hydrogen) atoms. The SMILES string of the molecule is Cc1c(C(=O)C(=O)N[C@]2(c3cn[nH]n3)C[C@@H](O)C2)cn(C)c1C(=O)Nc1ccc(F)c(C#N)c1. The molecular weight excluding hydrogens is 445 g/mol. The molecule has 4 rings (SSSR count). The van der Waals surface area contributed by atoms with Gasteiger partial charge < -0.3 is 20.3 Å². The lowest BCUT2D eigenvalue weighted by atomic mass is 9.72. The van der Waals surface area contributed by atoms with Crippen LogP contribution in [0.4, 0.5) is 10.1 Å². The van der Waals surface area contributed by atoms with Gasteiger partial charge in [0.05, 0.1) is 23.4 Å². The van der Waals surface area contributed by atoms with Crippen LogP contribution < -0.4 is 10.6 Å². The molecule has 2 aromatic heterocycles. The minimum absolute atomic E-state index is 0.0251. The zero-order valence-electron chi connectivity index (χ0n) is 18.2. The number of H-pyrrole nitrogens is 1. The van der Waals surface area contributed by atoms with Crippen LogP contribution in [0.2, 0.25) is 0 Å². The Labute approximate surface area is 192 Å². The molecule has 0 unspecified atom stereocenters. The van der Waals surface area contributed by atoms with Crippen LogP contribution >= 0.6 is 0 Å². The van der Waals surface area contributed by atoms with E-state index in [1.54, 1.807) is 13.1 Å². The van der Waals surface area contributed by atoms with Crippen LogP contribution in [0.1, 0.15) is 50.5 Å². The van der Waals surface area contributed by atoms with Crippen LogP contribution in [0.5, 0.6) is 0 Å². The molecule has 2 amide bonds. The van der Waals surface area contributed by atoms with Crippen LogP contribution in [0.3, 0.4) is 0 Å². The highest BCUT2D eigenvalue weighted by Gasteiger charge is 2.49. The maximum Gasteiger partial charge on any atom is 0.293 e. The van der Waals surface area contributed by atoms with Crippen molar-refractivity contribution in [1.82, 2.24) is 25.3 Å². The number of Topliss-reactive ketones (excluding diaryl/α,β-unsaturated/α-hetero) is 1. The number of aryl methyl sites for hydroxylation is 1. The van der Waals surface area contributed by atoms with Gasteiger partial charge in [-0.15, -0.1) is 0 Å². The second kappa shape index (κ2) is 8.53. The van der Waals surface area contributed by atoms with Crippen molar-refractivity contribution in [2.45, 2.75) is 31.4 Å². The molecule has 11 nitrogen and oxygen atoms in total. The van der Waals surface area contributed by atoms with Gasteiger partial charge >= 0.3 is 0 Å². The van der Waals surface area contributed by atoms with Gasteiger partial charge in [0.1, 0.15) is 23.3 Å². The highest BCUT2D eigenvalue weighted by atomic mass is 19.1. The first-order chi connectivity index (χ1) is 16.1. The van der Waals surface area contributed by atoms with Gasteiger partial charge in [0.25, 0.3) is 17.6 Å². The molecule has 0 saturated heterocycles. The molecule has 0 bridgehead atoms. The topological polar surface area (TPSA) is 166 Å². The second-order valence-corrected chi connectivity index (χ2v) is 8.17. The van der Waals surface area contributed by atoms with E-state index in [1.165, 1.54) is 36.0 Å². The number of carbonyl (C=O) groups excluding carboxylic acids is 3. The lowest BCUT2D eigenvalue weighted by molar-refractivity contribution is -0.122. The van der Waals surface area contributed by atoms with Crippen molar-refractivity contribution in [2.24, 2.45) is 7.05 Å². The Morgan fingerprint density at radius 1 is 1.35 bits per heavy atom. The summed E-state index contributed by atoms with van der Waals surface area (Å²) in [5, 5.41) is 34.1. The highest BCUT2D eigenvalue weighted by Crippen LogP contribution is 2.40. The molecule has 0 aliphatic heterocycles. The summed E-state index contributed by atoms with van der Waals surface area (Å²) in [7, 11) is 1.54. The molecule has 1 aliphatic carbocycles. The van der Waals surface area contributed by atoms with E-state index in [9.17, 15) is 23.9 Å².